The Morgan fingerprint density at radius 3 is 2.50 bits per heavy atom. The Balaban J connectivity index is 2.75. The van der Waals surface area contributed by atoms with Gasteiger partial charge in [-0.05, 0) is 43.2 Å². The van der Waals surface area contributed by atoms with Crippen LogP contribution in [-0.2, 0) is 0 Å². The number of phenols is 1. The van der Waals surface area contributed by atoms with Crippen LogP contribution >= 0.6 is 0 Å². The molecule has 0 aliphatic carbocycles. The zero-order chi connectivity index (χ0) is 11.8. The number of hydrogen-bond donors (Lipinski definition) is 2. The molecule has 0 unspecified atom stereocenters. The number of hydrogen-bond acceptors (Lipinski definition) is 2. The predicted octanol–water partition coefficient (Wildman–Crippen LogP) is 4.01. The summed E-state index contributed by atoms with van der Waals surface area (Å²) in [6.07, 6.45) is 7.59. The van der Waals surface area contributed by atoms with E-state index in [0.717, 1.165) is 31.2 Å². The Bertz CT molecular complexity index is 352. The molecule has 0 fully saturated rings. The highest BCUT2D eigenvalue weighted by Crippen LogP contribution is 2.18. The lowest BCUT2D eigenvalue weighted by Gasteiger charge is -2.04. The molecule has 0 saturated carbocycles. The molecule has 0 atom stereocenters. The van der Waals surface area contributed by atoms with E-state index in [1.807, 2.05) is 12.1 Å². The summed E-state index contributed by atoms with van der Waals surface area (Å²) in [6.45, 7) is 2.16. The second-order valence-electron chi connectivity index (χ2n) is 3.89. The molecule has 0 radical (unpaired) electrons. The van der Waals surface area contributed by atoms with Crippen LogP contribution in [0.5, 0.6) is 5.75 Å². The molecule has 86 valence electrons. The number of nitrogens with one attached hydrogen (secondary N) is 1. The van der Waals surface area contributed by atoms with Gasteiger partial charge in [-0.3, -0.25) is 0 Å². The summed E-state index contributed by atoms with van der Waals surface area (Å²) < 4.78 is 0. The third kappa shape index (κ3) is 4.30. The molecule has 0 heterocycles. The van der Waals surface area contributed by atoms with Gasteiger partial charge < -0.3 is 10.5 Å². The molecule has 16 heavy (non-hydrogen) atoms. The average molecular weight is 217 g/mol. The SMILES string of the molecule is CCC/C(=C\c1ccc(O)cc1)CCC=N. The first-order valence-corrected chi connectivity index (χ1v) is 5.73. The van der Waals surface area contributed by atoms with Crippen LogP contribution in [0.3, 0.4) is 0 Å². The third-order valence-electron chi connectivity index (χ3n) is 2.44. The van der Waals surface area contributed by atoms with Crippen molar-refractivity contribution in [3.05, 3.63) is 35.4 Å². The van der Waals surface area contributed by atoms with Gasteiger partial charge in [0.15, 0.2) is 0 Å². The van der Waals surface area contributed by atoms with Crippen molar-refractivity contribution in [1.82, 2.24) is 0 Å². The first-order chi connectivity index (χ1) is 7.76. The molecule has 2 nitrogen and oxygen atoms in total. The van der Waals surface area contributed by atoms with Gasteiger partial charge in [0, 0.05) is 0 Å². The monoisotopic (exact) mass is 217 g/mol. The van der Waals surface area contributed by atoms with Gasteiger partial charge in [-0.1, -0.05) is 37.1 Å². The molecule has 0 bridgehead atoms. The fourth-order valence-electron chi connectivity index (χ4n) is 1.65. The standard InChI is InChI=1S/C14H19NO/c1-2-4-12(5-3-10-15)11-13-6-8-14(16)9-7-13/h6-11,15-16H,2-5H2,1H3/b12-11+,15-10?. The van der Waals surface area contributed by atoms with Gasteiger partial charge in [-0.15, -0.1) is 0 Å². The van der Waals surface area contributed by atoms with Crippen molar-refractivity contribution >= 4 is 12.3 Å². The van der Waals surface area contributed by atoms with Gasteiger partial charge in [0.1, 0.15) is 5.75 Å². The summed E-state index contributed by atoms with van der Waals surface area (Å²) in [7, 11) is 0. The van der Waals surface area contributed by atoms with Gasteiger partial charge in [0.05, 0.1) is 0 Å². The van der Waals surface area contributed by atoms with E-state index in [0.29, 0.717) is 5.75 Å². The maximum atomic E-state index is 9.19. The van der Waals surface area contributed by atoms with Crippen LogP contribution in [0.4, 0.5) is 0 Å². The maximum Gasteiger partial charge on any atom is 0.115 e. The summed E-state index contributed by atoms with van der Waals surface area (Å²) in [5.74, 6) is 0.300. The fraction of sp³-hybridized carbons (Fsp3) is 0.357. The zero-order valence-corrected chi connectivity index (χ0v) is 9.74. The fourth-order valence-corrected chi connectivity index (χ4v) is 1.65. The van der Waals surface area contributed by atoms with Crippen LogP contribution in [0, 0.1) is 5.41 Å². The summed E-state index contributed by atoms with van der Waals surface area (Å²) in [5.41, 5.74) is 2.49. The molecule has 0 aromatic heterocycles. The van der Waals surface area contributed by atoms with Crippen LogP contribution in [-0.4, -0.2) is 11.3 Å². The molecule has 1 aromatic rings. The number of allylic oxidation sites excluding steroid dienone is 1. The van der Waals surface area contributed by atoms with Gasteiger partial charge >= 0.3 is 0 Å². The van der Waals surface area contributed by atoms with Crippen molar-refractivity contribution in [2.24, 2.45) is 0 Å². The molecule has 1 aromatic carbocycles. The Morgan fingerprint density at radius 2 is 1.94 bits per heavy atom. The second kappa shape index (κ2) is 6.83. The van der Waals surface area contributed by atoms with E-state index in [2.05, 4.69) is 13.0 Å². The molecular formula is C14H19NO. The van der Waals surface area contributed by atoms with Crippen LogP contribution in [0.15, 0.2) is 29.8 Å². The van der Waals surface area contributed by atoms with Gasteiger partial charge in [-0.25, -0.2) is 0 Å². The van der Waals surface area contributed by atoms with Crippen LogP contribution in [0.1, 0.15) is 38.2 Å². The number of rotatable bonds is 6. The van der Waals surface area contributed by atoms with Crippen molar-refractivity contribution in [3.8, 4) is 5.75 Å². The first kappa shape index (κ1) is 12.5. The lowest BCUT2D eigenvalue weighted by Crippen LogP contribution is -1.85. The first-order valence-electron chi connectivity index (χ1n) is 5.73. The van der Waals surface area contributed by atoms with Crippen molar-refractivity contribution in [2.45, 2.75) is 32.6 Å². The van der Waals surface area contributed by atoms with Crippen LogP contribution in [0.2, 0.25) is 0 Å². The molecule has 0 amide bonds. The summed E-state index contributed by atoms with van der Waals surface area (Å²) in [4.78, 5) is 0. The minimum atomic E-state index is 0.300. The van der Waals surface area contributed by atoms with Gasteiger partial charge in [0.25, 0.3) is 0 Å². The zero-order valence-electron chi connectivity index (χ0n) is 9.74. The Labute approximate surface area is 97.1 Å². The number of benzene rings is 1. The molecule has 2 N–H and O–H groups in total. The Kier molecular flexibility index (Phi) is 5.34. The van der Waals surface area contributed by atoms with Crippen molar-refractivity contribution in [2.75, 3.05) is 0 Å². The van der Waals surface area contributed by atoms with Crippen molar-refractivity contribution in [3.63, 3.8) is 0 Å². The highest BCUT2D eigenvalue weighted by molar-refractivity contribution is 5.57. The molecular weight excluding hydrogens is 198 g/mol. The lowest BCUT2D eigenvalue weighted by atomic mass is 10.0. The minimum absolute atomic E-state index is 0.300. The molecule has 2 heteroatoms. The molecule has 0 aliphatic rings. The smallest absolute Gasteiger partial charge is 0.115 e. The van der Waals surface area contributed by atoms with E-state index in [-0.39, 0.29) is 0 Å². The van der Waals surface area contributed by atoms with E-state index < -0.39 is 0 Å². The predicted molar refractivity (Wildman–Crippen MR) is 69.0 cm³/mol. The van der Waals surface area contributed by atoms with Crippen LogP contribution in [0.25, 0.3) is 6.08 Å². The molecule has 0 spiro atoms. The molecule has 0 aliphatic heterocycles. The summed E-state index contributed by atoms with van der Waals surface area (Å²) in [5, 5.41) is 16.2. The largest absolute Gasteiger partial charge is 0.508 e. The normalized spacial score (nSPS) is 11.4. The molecule has 0 saturated heterocycles. The van der Waals surface area contributed by atoms with Gasteiger partial charge in [0.2, 0.25) is 0 Å². The average Bonchev–Trinajstić information content (AvgIpc) is 2.29. The lowest BCUT2D eigenvalue weighted by molar-refractivity contribution is 0.475. The highest BCUT2D eigenvalue weighted by atomic mass is 16.3. The van der Waals surface area contributed by atoms with Crippen molar-refractivity contribution in [1.29, 1.82) is 5.41 Å². The van der Waals surface area contributed by atoms with Crippen molar-refractivity contribution < 1.29 is 5.11 Å². The summed E-state index contributed by atoms with van der Waals surface area (Å²) >= 11 is 0. The van der Waals surface area contributed by atoms with E-state index in [1.54, 1.807) is 12.1 Å². The Morgan fingerprint density at radius 1 is 1.25 bits per heavy atom. The van der Waals surface area contributed by atoms with E-state index in [4.69, 9.17) is 5.41 Å². The van der Waals surface area contributed by atoms with Gasteiger partial charge in [-0.2, -0.15) is 0 Å². The quantitative estimate of drug-likeness (QED) is 0.695. The van der Waals surface area contributed by atoms with E-state index in [9.17, 15) is 5.11 Å². The van der Waals surface area contributed by atoms with Crippen LogP contribution < -0.4 is 0 Å². The minimum Gasteiger partial charge on any atom is -0.508 e. The third-order valence-corrected chi connectivity index (χ3v) is 2.44. The van der Waals surface area contributed by atoms with E-state index >= 15 is 0 Å². The maximum absolute atomic E-state index is 9.19. The highest BCUT2D eigenvalue weighted by Gasteiger charge is 1.97. The Hall–Kier alpha value is -1.57. The second-order valence-corrected chi connectivity index (χ2v) is 3.89. The van der Waals surface area contributed by atoms with E-state index in [1.165, 1.54) is 11.8 Å². The summed E-state index contributed by atoms with van der Waals surface area (Å²) in [6, 6.07) is 7.23. The molecule has 1 rings (SSSR count). The number of phenolic OH excluding ortho intramolecular Hbond substituents is 1. The topological polar surface area (TPSA) is 44.1 Å². The number of aromatic hydroxyl groups is 1.